The highest BCUT2D eigenvalue weighted by Crippen LogP contribution is 2.39. The molecular weight excluding hydrogens is 339 g/mol. The number of hydrogen-bond acceptors (Lipinski definition) is 3. The fourth-order valence-corrected chi connectivity index (χ4v) is 2.70. The number of aliphatic carboxylic acids is 2. The highest BCUT2D eigenvalue weighted by molar-refractivity contribution is 6.01. The van der Waals surface area contributed by atoms with Crippen LogP contribution in [-0.4, -0.2) is 28.2 Å². The molecule has 0 heterocycles. The summed E-state index contributed by atoms with van der Waals surface area (Å²) < 4.78 is 42.1. The van der Waals surface area contributed by atoms with E-state index in [2.05, 4.69) is 0 Å². The number of benzene rings is 1. The fraction of sp³-hybridized carbons (Fsp3) is 0.412. The zero-order valence-corrected chi connectivity index (χ0v) is 13.8. The van der Waals surface area contributed by atoms with Crippen molar-refractivity contribution in [2.45, 2.75) is 45.6 Å². The molecule has 0 unspecified atom stereocenters. The molecule has 0 radical (unpaired) electrons. The Morgan fingerprint density at radius 2 is 1.68 bits per heavy atom. The number of hydrogen-bond donors (Lipinski definition) is 2. The van der Waals surface area contributed by atoms with E-state index in [0.29, 0.717) is 12.8 Å². The first-order chi connectivity index (χ1) is 11.7. The summed E-state index contributed by atoms with van der Waals surface area (Å²) in [7, 11) is 0. The van der Waals surface area contributed by atoms with Crippen LogP contribution in [0.1, 0.15) is 38.7 Å². The third-order valence-electron chi connectivity index (χ3n) is 4.10. The van der Waals surface area contributed by atoms with E-state index < -0.39 is 52.4 Å². The van der Waals surface area contributed by atoms with E-state index in [9.17, 15) is 33.0 Å². The molecule has 0 aromatic heterocycles. The third kappa shape index (κ3) is 3.47. The molecule has 1 saturated carbocycles. The Kier molecular flexibility index (Phi) is 5.39. The number of carboxylic acids is 2. The van der Waals surface area contributed by atoms with Gasteiger partial charge in [0.05, 0.1) is 11.3 Å². The van der Waals surface area contributed by atoms with Crippen LogP contribution < -0.4 is 4.90 Å². The summed E-state index contributed by atoms with van der Waals surface area (Å²) in [4.78, 5) is 24.1. The van der Waals surface area contributed by atoms with Crippen LogP contribution in [0.5, 0.6) is 0 Å². The molecule has 0 bridgehead atoms. The van der Waals surface area contributed by atoms with Crippen LogP contribution >= 0.6 is 0 Å². The van der Waals surface area contributed by atoms with E-state index in [-0.39, 0.29) is 18.4 Å². The average molecular weight is 357 g/mol. The van der Waals surface area contributed by atoms with Crippen molar-refractivity contribution < 1.29 is 33.0 Å². The third-order valence-corrected chi connectivity index (χ3v) is 4.10. The Hall–Kier alpha value is -2.51. The number of anilines is 1. The van der Waals surface area contributed by atoms with Gasteiger partial charge in [-0.05, 0) is 37.3 Å². The molecule has 2 rings (SSSR count). The normalized spacial score (nSPS) is 14.9. The predicted octanol–water partition coefficient (Wildman–Crippen LogP) is 3.47. The van der Waals surface area contributed by atoms with Crippen molar-refractivity contribution in [3.8, 4) is 0 Å². The Labute approximate surface area is 142 Å². The summed E-state index contributed by atoms with van der Waals surface area (Å²) in [5.41, 5.74) is -1.62. The van der Waals surface area contributed by atoms with Crippen molar-refractivity contribution in [1.82, 2.24) is 0 Å². The first-order valence-electron chi connectivity index (χ1n) is 7.89. The van der Waals surface area contributed by atoms with Gasteiger partial charge >= 0.3 is 11.9 Å². The van der Waals surface area contributed by atoms with Gasteiger partial charge in [-0.3, -0.25) is 0 Å². The van der Waals surface area contributed by atoms with Crippen molar-refractivity contribution in [3.05, 3.63) is 40.4 Å². The maximum Gasteiger partial charge on any atom is 0.353 e. The lowest BCUT2D eigenvalue weighted by atomic mass is 10.1. The van der Waals surface area contributed by atoms with E-state index in [1.807, 2.05) is 0 Å². The molecule has 0 atom stereocenters. The Morgan fingerprint density at radius 3 is 2.08 bits per heavy atom. The van der Waals surface area contributed by atoms with Crippen LogP contribution in [0.2, 0.25) is 0 Å². The van der Waals surface area contributed by atoms with Gasteiger partial charge in [0.2, 0.25) is 0 Å². The van der Waals surface area contributed by atoms with Gasteiger partial charge < -0.3 is 15.1 Å². The summed E-state index contributed by atoms with van der Waals surface area (Å²) in [6, 6.07) is 0.570. The minimum atomic E-state index is -1.70. The minimum absolute atomic E-state index is 0.0697. The van der Waals surface area contributed by atoms with E-state index >= 15 is 0 Å². The summed E-state index contributed by atoms with van der Waals surface area (Å²) >= 11 is 0. The molecule has 0 amide bonds. The molecule has 0 aliphatic heterocycles. The molecule has 0 spiro atoms. The lowest BCUT2D eigenvalue weighted by Gasteiger charge is -2.27. The van der Waals surface area contributed by atoms with E-state index in [1.165, 1.54) is 6.92 Å². The van der Waals surface area contributed by atoms with E-state index in [0.717, 1.165) is 11.0 Å². The van der Waals surface area contributed by atoms with Crippen molar-refractivity contribution in [2.24, 2.45) is 0 Å². The van der Waals surface area contributed by atoms with Crippen molar-refractivity contribution in [2.75, 3.05) is 4.90 Å². The second-order valence-electron chi connectivity index (χ2n) is 5.74. The summed E-state index contributed by atoms with van der Waals surface area (Å²) in [5, 5.41) is 18.8. The van der Waals surface area contributed by atoms with Gasteiger partial charge in [0.1, 0.15) is 5.70 Å². The van der Waals surface area contributed by atoms with Crippen molar-refractivity contribution >= 4 is 17.6 Å². The van der Waals surface area contributed by atoms with Gasteiger partial charge in [0.25, 0.3) is 0 Å². The van der Waals surface area contributed by atoms with Crippen LogP contribution in [0.4, 0.5) is 18.9 Å². The first kappa shape index (κ1) is 18.8. The number of nitrogens with zero attached hydrogens (tertiary/aromatic N) is 1. The van der Waals surface area contributed by atoms with Gasteiger partial charge in [0, 0.05) is 6.04 Å². The van der Waals surface area contributed by atoms with Crippen LogP contribution in [0.25, 0.3) is 0 Å². The monoisotopic (exact) mass is 357 g/mol. The Balaban J connectivity index is 2.77. The van der Waals surface area contributed by atoms with Crippen LogP contribution in [0.3, 0.4) is 0 Å². The summed E-state index contributed by atoms with van der Waals surface area (Å²) in [6.45, 7) is 3.00. The van der Waals surface area contributed by atoms with Gasteiger partial charge in [-0.2, -0.15) is 0 Å². The van der Waals surface area contributed by atoms with Gasteiger partial charge in [-0.25, -0.2) is 22.8 Å². The van der Waals surface area contributed by atoms with Crippen LogP contribution in [0, 0.1) is 17.5 Å². The highest BCUT2D eigenvalue weighted by Gasteiger charge is 2.39. The van der Waals surface area contributed by atoms with Crippen LogP contribution in [-0.2, 0) is 16.0 Å². The van der Waals surface area contributed by atoms with Gasteiger partial charge in [0.15, 0.2) is 17.5 Å². The number of rotatable bonds is 7. The van der Waals surface area contributed by atoms with E-state index in [4.69, 9.17) is 0 Å². The molecule has 1 aromatic rings. The number of aryl methyl sites for hydroxylation is 1. The lowest BCUT2D eigenvalue weighted by Crippen LogP contribution is -2.33. The van der Waals surface area contributed by atoms with Crippen molar-refractivity contribution in [3.63, 3.8) is 0 Å². The topological polar surface area (TPSA) is 77.8 Å². The molecule has 25 heavy (non-hydrogen) atoms. The molecule has 0 saturated heterocycles. The average Bonchev–Trinajstić information content (AvgIpc) is 3.38. The molecule has 1 aliphatic rings. The molecular formula is C17H18F3NO4. The van der Waals surface area contributed by atoms with E-state index in [1.54, 1.807) is 6.92 Å². The predicted molar refractivity (Wildman–Crippen MR) is 83.8 cm³/mol. The second kappa shape index (κ2) is 7.16. The largest absolute Gasteiger partial charge is 0.478 e. The minimum Gasteiger partial charge on any atom is -0.478 e. The summed E-state index contributed by atoms with van der Waals surface area (Å²) in [6.07, 6.45) is 0.937. The van der Waals surface area contributed by atoms with Gasteiger partial charge in [-0.15, -0.1) is 0 Å². The maximum atomic E-state index is 14.4. The highest BCUT2D eigenvalue weighted by atomic mass is 19.2. The Bertz CT molecular complexity index is 757. The van der Waals surface area contributed by atoms with Gasteiger partial charge in [-0.1, -0.05) is 13.8 Å². The number of carboxylic acid groups (broad SMARTS) is 2. The quantitative estimate of drug-likeness (QED) is 0.577. The molecule has 1 aliphatic carbocycles. The molecule has 136 valence electrons. The molecule has 2 N–H and O–H groups in total. The SMILES string of the molecule is CCC(C(=O)O)=C(C(=O)O)N(c1cc(CC)c(F)c(F)c1F)C1CC1. The summed E-state index contributed by atoms with van der Waals surface area (Å²) in [5.74, 6) is -7.56. The molecule has 8 heteroatoms. The Morgan fingerprint density at radius 1 is 1.08 bits per heavy atom. The fourth-order valence-electron chi connectivity index (χ4n) is 2.70. The smallest absolute Gasteiger partial charge is 0.353 e. The van der Waals surface area contributed by atoms with Crippen molar-refractivity contribution in [1.29, 1.82) is 0 Å². The lowest BCUT2D eigenvalue weighted by molar-refractivity contribution is -0.136. The number of halogens is 3. The zero-order valence-electron chi connectivity index (χ0n) is 13.8. The first-order valence-corrected chi connectivity index (χ1v) is 7.89. The zero-order chi connectivity index (χ0) is 18.9. The second-order valence-corrected chi connectivity index (χ2v) is 5.74. The molecule has 5 nitrogen and oxygen atoms in total. The molecule has 1 fully saturated rings. The van der Waals surface area contributed by atoms with Crippen LogP contribution in [0.15, 0.2) is 17.3 Å². The maximum absolute atomic E-state index is 14.4. The number of carbonyl (C=O) groups is 2. The molecule has 1 aromatic carbocycles. The standard InChI is InChI=1S/C17H18F3NO4/c1-3-8-7-11(13(19)14(20)12(8)18)21(9-5-6-9)15(17(24)25)10(4-2)16(22)23/h7,9H,3-6H2,1-2H3,(H,22,23)(H,24,25).